The van der Waals surface area contributed by atoms with Gasteiger partial charge in [0.15, 0.2) is 5.17 Å². The Bertz CT molecular complexity index is 1200. The van der Waals surface area contributed by atoms with Crippen LogP contribution in [0, 0.1) is 0 Å². The van der Waals surface area contributed by atoms with E-state index in [2.05, 4.69) is 15.6 Å². The molecule has 1 atom stereocenters. The van der Waals surface area contributed by atoms with Crippen LogP contribution in [0.4, 0.5) is 10.5 Å². The molecule has 0 bridgehead atoms. The zero-order valence-electron chi connectivity index (χ0n) is 20.3. The number of pyridine rings is 1. The maximum Gasteiger partial charge on any atom is 0.509 e. The number of hydrogen-bond acceptors (Lipinski definition) is 7. The van der Waals surface area contributed by atoms with Gasteiger partial charge in [-0.2, -0.15) is 0 Å². The fourth-order valence-electron chi connectivity index (χ4n) is 3.09. The average Bonchev–Trinajstić information content (AvgIpc) is 2.88. The van der Waals surface area contributed by atoms with Gasteiger partial charge in [0, 0.05) is 17.7 Å². The minimum Gasteiger partial charge on any atom is -0.434 e. The van der Waals surface area contributed by atoms with E-state index in [1.807, 2.05) is 67.6 Å². The van der Waals surface area contributed by atoms with Gasteiger partial charge in [0.25, 0.3) is 0 Å². The van der Waals surface area contributed by atoms with Crippen LogP contribution in [0.5, 0.6) is 0 Å². The number of carbonyl (C=O) groups is 2. The van der Waals surface area contributed by atoms with Gasteiger partial charge in [0.1, 0.15) is 5.94 Å². The van der Waals surface area contributed by atoms with Gasteiger partial charge in [-0.25, -0.2) is 9.79 Å². The van der Waals surface area contributed by atoms with Gasteiger partial charge in [0.2, 0.25) is 5.91 Å². The number of aromatic nitrogens is 1. The standard InChI is InChI=1S/C27H30N4O4S/c1-3-4-18-34-27(33)35-19-36-26(31-23-14-8-12-22-13-9-17-28-25(22)23)30-20(2)29-24(32)16-15-21-10-6-5-7-11-21/h5-17,20H,3-4,18-19H2,1-2H3,(H,29,32)(H,30,31)/b16-15+. The Morgan fingerprint density at radius 1 is 1.06 bits per heavy atom. The third-order valence-electron chi connectivity index (χ3n) is 4.85. The Morgan fingerprint density at radius 2 is 1.86 bits per heavy atom. The van der Waals surface area contributed by atoms with Crippen molar-refractivity contribution in [3.05, 3.63) is 78.5 Å². The molecule has 8 nitrogen and oxygen atoms in total. The summed E-state index contributed by atoms with van der Waals surface area (Å²) in [6.07, 6.45) is 5.44. The second-order valence-electron chi connectivity index (χ2n) is 7.75. The molecule has 3 rings (SSSR count). The molecule has 0 aliphatic carbocycles. The van der Waals surface area contributed by atoms with Crippen LogP contribution < -0.4 is 10.6 Å². The van der Waals surface area contributed by atoms with Crippen molar-refractivity contribution >= 4 is 51.7 Å². The summed E-state index contributed by atoms with van der Waals surface area (Å²) in [4.78, 5) is 33.3. The maximum absolute atomic E-state index is 12.4. The summed E-state index contributed by atoms with van der Waals surface area (Å²) < 4.78 is 10.2. The first-order valence-corrected chi connectivity index (χ1v) is 12.7. The van der Waals surface area contributed by atoms with Crippen LogP contribution in [0.3, 0.4) is 0 Å². The van der Waals surface area contributed by atoms with Crippen LogP contribution in [0.1, 0.15) is 32.3 Å². The third-order valence-corrected chi connectivity index (χ3v) is 5.57. The highest BCUT2D eigenvalue weighted by Gasteiger charge is 2.12. The lowest BCUT2D eigenvalue weighted by atomic mass is 10.2. The number of ether oxygens (including phenoxy) is 2. The maximum atomic E-state index is 12.4. The first-order valence-electron chi connectivity index (χ1n) is 11.7. The number of aliphatic imine (C=N–C) groups is 1. The lowest BCUT2D eigenvalue weighted by molar-refractivity contribution is -0.117. The molecular formula is C27H30N4O4S. The molecule has 0 aliphatic heterocycles. The van der Waals surface area contributed by atoms with Gasteiger partial charge in [-0.15, -0.1) is 0 Å². The molecule has 0 spiro atoms. The smallest absolute Gasteiger partial charge is 0.434 e. The summed E-state index contributed by atoms with van der Waals surface area (Å²) in [5, 5.41) is 7.43. The molecule has 0 radical (unpaired) electrons. The Hall–Kier alpha value is -3.85. The molecule has 188 valence electrons. The molecule has 1 unspecified atom stereocenters. The number of amidine groups is 1. The highest BCUT2D eigenvalue weighted by atomic mass is 32.2. The van der Waals surface area contributed by atoms with Crippen molar-refractivity contribution in [3.8, 4) is 0 Å². The van der Waals surface area contributed by atoms with Gasteiger partial charge < -0.3 is 20.1 Å². The first-order chi connectivity index (χ1) is 17.5. The number of unbranched alkanes of at least 4 members (excludes halogenated alkanes) is 1. The van der Waals surface area contributed by atoms with Gasteiger partial charge in [-0.1, -0.05) is 61.9 Å². The minimum atomic E-state index is -0.727. The van der Waals surface area contributed by atoms with E-state index in [-0.39, 0.29) is 11.8 Å². The summed E-state index contributed by atoms with van der Waals surface area (Å²) in [5.74, 6) is -0.269. The van der Waals surface area contributed by atoms with Crippen molar-refractivity contribution < 1.29 is 19.1 Å². The van der Waals surface area contributed by atoms with Gasteiger partial charge in [0.05, 0.1) is 24.0 Å². The van der Waals surface area contributed by atoms with E-state index in [0.29, 0.717) is 17.5 Å². The highest BCUT2D eigenvalue weighted by Crippen LogP contribution is 2.24. The number of para-hydroxylation sites is 1. The van der Waals surface area contributed by atoms with Crippen molar-refractivity contribution in [1.82, 2.24) is 15.6 Å². The van der Waals surface area contributed by atoms with Crippen LogP contribution >= 0.6 is 11.8 Å². The van der Waals surface area contributed by atoms with Crippen LogP contribution in [0.15, 0.2) is 77.9 Å². The zero-order valence-corrected chi connectivity index (χ0v) is 21.2. The predicted octanol–water partition coefficient (Wildman–Crippen LogP) is 5.63. The van der Waals surface area contributed by atoms with E-state index in [4.69, 9.17) is 14.5 Å². The molecule has 0 saturated heterocycles. The summed E-state index contributed by atoms with van der Waals surface area (Å²) in [7, 11) is 0. The fourth-order valence-corrected chi connectivity index (χ4v) is 3.78. The quantitative estimate of drug-likeness (QED) is 0.0917. The molecule has 3 aromatic rings. The van der Waals surface area contributed by atoms with Crippen LogP contribution in [-0.4, -0.2) is 40.9 Å². The molecule has 2 N–H and O–H groups in total. The molecule has 1 heterocycles. The number of benzene rings is 2. The molecule has 0 saturated carbocycles. The second kappa shape index (κ2) is 14.5. The Labute approximate surface area is 215 Å². The van der Waals surface area contributed by atoms with Crippen molar-refractivity contribution in [1.29, 1.82) is 0 Å². The van der Waals surface area contributed by atoms with E-state index in [0.717, 1.165) is 29.3 Å². The van der Waals surface area contributed by atoms with Gasteiger partial charge in [-0.05, 0) is 48.9 Å². The molecule has 1 amide bonds. The van der Waals surface area contributed by atoms with Crippen molar-refractivity contribution in [2.75, 3.05) is 12.5 Å². The average molecular weight is 507 g/mol. The molecule has 1 aromatic heterocycles. The van der Waals surface area contributed by atoms with Gasteiger partial charge in [-0.3, -0.25) is 9.78 Å². The van der Waals surface area contributed by atoms with E-state index >= 15 is 0 Å². The van der Waals surface area contributed by atoms with E-state index < -0.39 is 12.3 Å². The number of carbonyl (C=O) groups excluding carboxylic acids is 2. The first kappa shape index (κ1) is 26.7. The molecule has 2 aromatic carbocycles. The molecule has 0 aliphatic rings. The summed E-state index contributed by atoms with van der Waals surface area (Å²) in [6.45, 7) is 4.13. The third kappa shape index (κ3) is 9.07. The number of hydrogen-bond donors (Lipinski definition) is 2. The Balaban J connectivity index is 1.67. The normalized spacial score (nSPS) is 12.3. The van der Waals surface area contributed by atoms with Crippen LogP contribution in [0.2, 0.25) is 0 Å². The molecule has 9 heteroatoms. The van der Waals surface area contributed by atoms with Crippen molar-refractivity contribution in [2.45, 2.75) is 32.9 Å². The Kier molecular flexibility index (Phi) is 10.8. The number of rotatable bonds is 10. The number of fused-ring (bicyclic) bond motifs is 1. The molecular weight excluding hydrogens is 476 g/mol. The molecule has 36 heavy (non-hydrogen) atoms. The number of nitrogens with one attached hydrogen (secondary N) is 2. The second-order valence-corrected chi connectivity index (χ2v) is 8.66. The van der Waals surface area contributed by atoms with E-state index in [9.17, 15) is 9.59 Å². The zero-order chi connectivity index (χ0) is 25.6. The highest BCUT2D eigenvalue weighted by molar-refractivity contribution is 8.13. The monoisotopic (exact) mass is 506 g/mol. The van der Waals surface area contributed by atoms with Crippen molar-refractivity contribution in [3.63, 3.8) is 0 Å². The topological polar surface area (TPSA) is 102 Å². The van der Waals surface area contributed by atoms with E-state index in [1.165, 1.54) is 17.8 Å². The van der Waals surface area contributed by atoms with Crippen molar-refractivity contribution in [2.24, 2.45) is 4.99 Å². The number of nitrogens with zero attached hydrogens (tertiary/aromatic N) is 2. The summed E-state index contributed by atoms with van der Waals surface area (Å²) in [5.41, 5.74) is 2.32. The van der Waals surface area contributed by atoms with Gasteiger partial charge >= 0.3 is 6.16 Å². The lowest BCUT2D eigenvalue weighted by Crippen LogP contribution is -2.44. The van der Waals surface area contributed by atoms with E-state index in [1.54, 1.807) is 19.2 Å². The Morgan fingerprint density at radius 3 is 2.67 bits per heavy atom. The predicted molar refractivity (Wildman–Crippen MR) is 145 cm³/mol. The van der Waals surface area contributed by atoms with Crippen LogP contribution in [-0.2, 0) is 14.3 Å². The largest absolute Gasteiger partial charge is 0.509 e. The van der Waals surface area contributed by atoms with Crippen LogP contribution in [0.25, 0.3) is 17.0 Å². The summed E-state index contributed by atoms with van der Waals surface area (Å²) >= 11 is 1.18. The number of thioether (sulfide) groups is 1. The molecule has 0 fully saturated rings. The lowest BCUT2D eigenvalue weighted by Gasteiger charge is -2.17. The SMILES string of the molecule is CCCCOC(=O)OCS/C(=N/c1cccc2cccnc12)NC(C)NC(=O)/C=C/c1ccccc1. The summed E-state index contributed by atoms with van der Waals surface area (Å²) in [6, 6.07) is 19.1. The minimum absolute atomic E-state index is 0.0104. The number of amides is 1. The fraction of sp³-hybridized carbons (Fsp3) is 0.259.